The van der Waals surface area contributed by atoms with Crippen LogP contribution in [0.15, 0.2) is 42.5 Å². The Balaban J connectivity index is 1.69. The molecule has 0 saturated heterocycles. The predicted octanol–water partition coefficient (Wildman–Crippen LogP) is 7.88. The van der Waals surface area contributed by atoms with Crippen LogP contribution in [0.5, 0.6) is 5.75 Å². The second-order valence-electron chi connectivity index (χ2n) is 7.95. The van der Waals surface area contributed by atoms with E-state index in [1.807, 2.05) is 0 Å². The summed E-state index contributed by atoms with van der Waals surface area (Å²) in [5, 5.41) is 1.02. The molecule has 0 bridgehead atoms. The molecule has 0 atom stereocenters. The van der Waals surface area contributed by atoms with E-state index in [1.54, 1.807) is 18.2 Å². The van der Waals surface area contributed by atoms with Gasteiger partial charge in [-0.15, -0.1) is 11.3 Å². The van der Waals surface area contributed by atoms with E-state index in [2.05, 4.69) is 11.9 Å². The summed E-state index contributed by atoms with van der Waals surface area (Å²) in [5.74, 6) is -0.517. The van der Waals surface area contributed by atoms with Gasteiger partial charge >= 0.3 is 6.18 Å². The Hall–Kier alpha value is -2.61. The first-order valence-corrected chi connectivity index (χ1v) is 11.9. The van der Waals surface area contributed by atoms with Gasteiger partial charge in [0.1, 0.15) is 22.3 Å². The van der Waals surface area contributed by atoms with E-state index < -0.39 is 11.7 Å². The predicted molar refractivity (Wildman–Crippen MR) is 125 cm³/mol. The van der Waals surface area contributed by atoms with E-state index in [4.69, 9.17) is 10.5 Å². The van der Waals surface area contributed by atoms with Crippen LogP contribution in [0.2, 0.25) is 0 Å². The smallest absolute Gasteiger partial charge is 0.419 e. The van der Waals surface area contributed by atoms with Crippen molar-refractivity contribution in [1.29, 1.82) is 0 Å². The molecule has 178 valence electrons. The van der Waals surface area contributed by atoms with Gasteiger partial charge in [0.15, 0.2) is 0 Å². The molecule has 0 saturated carbocycles. The fourth-order valence-electron chi connectivity index (χ4n) is 3.54. The molecule has 0 radical (unpaired) electrons. The standard InChI is InChI=1S/C25H28F4N2OS/c1-2-3-4-5-6-7-14-32-21-13-8-17(15-20(21)25(27,28)29)16-22-31-23(24(30)33-22)18-9-11-19(26)12-10-18/h8-13,15H,2-7,14,16,30H2,1H3. The number of alkyl halides is 3. The third kappa shape index (κ3) is 7.19. The molecular weight excluding hydrogens is 452 g/mol. The molecule has 0 aliphatic carbocycles. The van der Waals surface area contributed by atoms with Gasteiger partial charge in [0, 0.05) is 12.0 Å². The molecule has 0 aliphatic heterocycles. The topological polar surface area (TPSA) is 48.1 Å². The summed E-state index contributed by atoms with van der Waals surface area (Å²) in [6, 6.07) is 9.89. The van der Waals surface area contributed by atoms with E-state index in [9.17, 15) is 17.6 Å². The van der Waals surface area contributed by atoms with Gasteiger partial charge in [-0.05, 0) is 48.4 Å². The zero-order valence-corrected chi connectivity index (χ0v) is 19.4. The molecule has 0 aliphatic rings. The second-order valence-corrected chi connectivity index (χ2v) is 9.06. The maximum atomic E-state index is 13.7. The number of aromatic nitrogens is 1. The number of hydrogen-bond donors (Lipinski definition) is 1. The molecule has 3 rings (SSSR count). The van der Waals surface area contributed by atoms with E-state index in [0.29, 0.717) is 26.8 Å². The SMILES string of the molecule is CCCCCCCCOc1ccc(Cc2nc(-c3ccc(F)cc3)c(N)s2)cc1C(F)(F)F. The summed E-state index contributed by atoms with van der Waals surface area (Å²) >= 11 is 1.21. The maximum absolute atomic E-state index is 13.7. The number of ether oxygens (including phenoxy) is 1. The van der Waals surface area contributed by atoms with Crippen molar-refractivity contribution in [2.24, 2.45) is 0 Å². The van der Waals surface area contributed by atoms with Gasteiger partial charge in [-0.25, -0.2) is 9.37 Å². The van der Waals surface area contributed by atoms with E-state index >= 15 is 0 Å². The van der Waals surface area contributed by atoms with Crippen molar-refractivity contribution >= 4 is 16.3 Å². The summed E-state index contributed by atoms with van der Waals surface area (Å²) in [4.78, 5) is 4.47. The van der Waals surface area contributed by atoms with Crippen molar-refractivity contribution < 1.29 is 22.3 Å². The Morgan fingerprint density at radius 3 is 2.36 bits per heavy atom. The lowest BCUT2D eigenvalue weighted by atomic mass is 10.1. The molecule has 0 fully saturated rings. The number of anilines is 1. The van der Waals surface area contributed by atoms with Gasteiger partial charge in [0.05, 0.1) is 17.2 Å². The Kier molecular flexibility index (Phi) is 8.72. The minimum Gasteiger partial charge on any atom is -0.493 e. The highest BCUT2D eigenvalue weighted by Gasteiger charge is 2.34. The van der Waals surface area contributed by atoms with Gasteiger partial charge in [-0.1, -0.05) is 45.1 Å². The number of hydrogen-bond acceptors (Lipinski definition) is 4. The quantitative estimate of drug-likeness (QED) is 0.224. The maximum Gasteiger partial charge on any atom is 0.419 e. The number of thiazole rings is 1. The first kappa shape index (κ1) is 25.0. The van der Waals surface area contributed by atoms with Crippen molar-refractivity contribution in [1.82, 2.24) is 4.98 Å². The molecule has 1 heterocycles. The van der Waals surface area contributed by atoms with Crippen LogP contribution < -0.4 is 10.5 Å². The highest BCUT2D eigenvalue weighted by Crippen LogP contribution is 2.38. The van der Waals surface area contributed by atoms with E-state index in [-0.39, 0.29) is 24.6 Å². The lowest BCUT2D eigenvalue weighted by molar-refractivity contribution is -0.139. The average Bonchev–Trinajstić information content (AvgIpc) is 3.13. The van der Waals surface area contributed by atoms with Crippen LogP contribution in [0, 0.1) is 5.82 Å². The Labute approximate surface area is 195 Å². The highest BCUT2D eigenvalue weighted by atomic mass is 32.1. The third-order valence-electron chi connectivity index (χ3n) is 5.28. The van der Waals surface area contributed by atoms with Gasteiger partial charge in [0.2, 0.25) is 0 Å². The molecule has 3 nitrogen and oxygen atoms in total. The number of nitrogens with zero attached hydrogens (tertiary/aromatic N) is 1. The fraction of sp³-hybridized carbons (Fsp3) is 0.400. The summed E-state index contributed by atoms with van der Waals surface area (Å²) in [6.07, 6.45) is 1.90. The third-order valence-corrected chi connectivity index (χ3v) is 6.16. The molecule has 2 aromatic carbocycles. The fourth-order valence-corrected chi connectivity index (χ4v) is 4.43. The number of nitrogen functional groups attached to an aromatic ring is 1. The normalized spacial score (nSPS) is 11.7. The number of benzene rings is 2. The molecule has 3 aromatic rings. The number of nitrogens with two attached hydrogens (primary N) is 1. The monoisotopic (exact) mass is 480 g/mol. The lowest BCUT2D eigenvalue weighted by Gasteiger charge is -2.15. The van der Waals surface area contributed by atoms with Crippen LogP contribution in [0.3, 0.4) is 0 Å². The lowest BCUT2D eigenvalue weighted by Crippen LogP contribution is -2.10. The van der Waals surface area contributed by atoms with Gasteiger partial charge in [-0.3, -0.25) is 0 Å². The Bertz CT molecular complexity index is 1030. The van der Waals surface area contributed by atoms with E-state index in [1.165, 1.54) is 36.0 Å². The van der Waals surface area contributed by atoms with Gasteiger partial charge in [0.25, 0.3) is 0 Å². The zero-order chi connectivity index (χ0) is 23.8. The molecule has 0 spiro atoms. The molecule has 0 amide bonds. The Morgan fingerprint density at radius 1 is 0.970 bits per heavy atom. The summed E-state index contributed by atoms with van der Waals surface area (Å²) < 4.78 is 59.6. The average molecular weight is 481 g/mol. The highest BCUT2D eigenvalue weighted by molar-refractivity contribution is 7.16. The Morgan fingerprint density at radius 2 is 1.67 bits per heavy atom. The summed E-state index contributed by atoms with van der Waals surface area (Å²) in [6.45, 7) is 2.40. The molecular formula is C25H28F4N2OS. The first-order chi connectivity index (χ1) is 15.8. The van der Waals surface area contributed by atoms with Crippen LogP contribution >= 0.6 is 11.3 Å². The molecule has 1 aromatic heterocycles. The molecule has 33 heavy (non-hydrogen) atoms. The summed E-state index contributed by atoms with van der Waals surface area (Å²) in [7, 11) is 0. The minimum atomic E-state index is -4.52. The van der Waals surface area contributed by atoms with Gasteiger partial charge < -0.3 is 10.5 Å². The van der Waals surface area contributed by atoms with Crippen LogP contribution in [-0.4, -0.2) is 11.6 Å². The van der Waals surface area contributed by atoms with Crippen LogP contribution in [-0.2, 0) is 12.6 Å². The van der Waals surface area contributed by atoms with Crippen molar-refractivity contribution in [2.75, 3.05) is 12.3 Å². The van der Waals surface area contributed by atoms with Crippen molar-refractivity contribution in [2.45, 2.75) is 58.0 Å². The van der Waals surface area contributed by atoms with Crippen LogP contribution in [0.1, 0.15) is 61.6 Å². The second kappa shape index (κ2) is 11.5. The number of unbranched alkanes of at least 4 members (excludes halogenated alkanes) is 5. The van der Waals surface area contributed by atoms with Gasteiger partial charge in [-0.2, -0.15) is 13.2 Å². The molecule has 8 heteroatoms. The van der Waals surface area contributed by atoms with Crippen molar-refractivity contribution in [3.63, 3.8) is 0 Å². The first-order valence-electron chi connectivity index (χ1n) is 11.1. The zero-order valence-electron chi connectivity index (χ0n) is 18.6. The van der Waals surface area contributed by atoms with Crippen molar-refractivity contribution in [3.8, 4) is 17.0 Å². The number of halogens is 4. The van der Waals surface area contributed by atoms with Crippen LogP contribution in [0.4, 0.5) is 22.6 Å². The molecule has 0 unspecified atom stereocenters. The summed E-state index contributed by atoms with van der Waals surface area (Å²) in [5.41, 5.74) is 6.90. The number of rotatable bonds is 11. The largest absolute Gasteiger partial charge is 0.493 e. The minimum absolute atomic E-state index is 0.148. The molecule has 2 N–H and O–H groups in total. The van der Waals surface area contributed by atoms with Crippen LogP contribution in [0.25, 0.3) is 11.3 Å². The van der Waals surface area contributed by atoms with Crippen molar-refractivity contribution in [3.05, 3.63) is 64.4 Å². The van der Waals surface area contributed by atoms with E-state index in [0.717, 1.165) is 38.2 Å².